The van der Waals surface area contributed by atoms with Crippen LogP contribution < -0.4 is 5.73 Å². The molecular weight excluding hydrogens is 436 g/mol. The molecule has 4 aromatic heterocycles. The van der Waals surface area contributed by atoms with Gasteiger partial charge in [-0.1, -0.05) is 13.0 Å². The topological polar surface area (TPSA) is 99.6 Å². The van der Waals surface area contributed by atoms with Crippen LogP contribution in [0.2, 0.25) is 0 Å². The number of amides is 1. The zero-order chi connectivity index (χ0) is 20.8. The Kier molecular flexibility index (Phi) is 5.08. The number of nitrogens with zero attached hydrogens (tertiary/aromatic N) is 5. The molecule has 30 heavy (non-hydrogen) atoms. The number of nitrogens with two attached hydrogens (primary N) is 1. The van der Waals surface area contributed by atoms with Crippen molar-refractivity contribution < 1.29 is 4.79 Å². The molecule has 7 nitrogen and oxygen atoms in total. The smallest absolute Gasteiger partial charge is 0.237 e. The van der Waals surface area contributed by atoms with E-state index in [2.05, 4.69) is 17.1 Å². The Bertz CT molecular complexity index is 1240. The molecule has 4 heterocycles. The minimum absolute atomic E-state index is 0.0229. The minimum Gasteiger partial charge on any atom is -0.368 e. The zero-order valence-corrected chi connectivity index (χ0v) is 19.0. The van der Waals surface area contributed by atoms with Gasteiger partial charge >= 0.3 is 0 Å². The highest BCUT2D eigenvalue weighted by Crippen LogP contribution is 2.42. The van der Waals surface area contributed by atoms with Crippen molar-refractivity contribution in [1.29, 1.82) is 0 Å². The minimum atomic E-state index is -0.430. The first-order valence-corrected chi connectivity index (χ1v) is 12.2. The number of rotatable bonds is 5. The maximum absolute atomic E-state index is 11.8. The van der Waals surface area contributed by atoms with Gasteiger partial charge in [-0.05, 0) is 60.9 Å². The van der Waals surface area contributed by atoms with E-state index in [1.54, 1.807) is 27.2 Å². The van der Waals surface area contributed by atoms with E-state index in [-0.39, 0.29) is 6.54 Å². The monoisotopic (exact) mass is 456 g/mol. The SMILES string of the molecule is Cc1nc(Sc2nnc(-c3cccs3)n2CC(N)=O)c2c3c(sc2n1)CC(C)CC3. The molecule has 0 spiro atoms. The summed E-state index contributed by atoms with van der Waals surface area (Å²) in [5, 5.41) is 13.3. The molecule has 0 aromatic carbocycles. The number of primary amides is 1. The molecule has 1 unspecified atom stereocenters. The summed E-state index contributed by atoms with van der Waals surface area (Å²) in [5.74, 6) is 1.65. The van der Waals surface area contributed by atoms with Crippen molar-refractivity contribution in [1.82, 2.24) is 24.7 Å². The molecule has 1 aliphatic carbocycles. The summed E-state index contributed by atoms with van der Waals surface area (Å²) < 4.78 is 1.78. The standard InChI is InChI=1S/C20H20N6OS3/c1-10-5-6-12-14(8-10)29-18-16(12)19(23-11(2)22-18)30-20-25-24-17(13-4-3-7-28-13)26(20)9-15(21)27/h3-4,7,10H,5-6,8-9H2,1-2H3,(H2,21,27). The van der Waals surface area contributed by atoms with Crippen molar-refractivity contribution in [2.24, 2.45) is 11.7 Å². The van der Waals surface area contributed by atoms with Crippen molar-refractivity contribution in [3.63, 3.8) is 0 Å². The number of hydrogen-bond acceptors (Lipinski definition) is 8. The molecule has 0 fully saturated rings. The van der Waals surface area contributed by atoms with Crippen LogP contribution in [0.5, 0.6) is 0 Å². The van der Waals surface area contributed by atoms with E-state index in [0.29, 0.717) is 16.9 Å². The van der Waals surface area contributed by atoms with Gasteiger partial charge in [0.1, 0.15) is 22.2 Å². The third-order valence-corrected chi connectivity index (χ3v) is 8.18. The Morgan fingerprint density at radius 1 is 1.37 bits per heavy atom. The number of hydrogen-bond donors (Lipinski definition) is 1. The van der Waals surface area contributed by atoms with E-state index < -0.39 is 5.91 Å². The van der Waals surface area contributed by atoms with Crippen molar-refractivity contribution in [2.45, 2.75) is 49.8 Å². The lowest BCUT2D eigenvalue weighted by molar-refractivity contribution is -0.118. The maximum atomic E-state index is 11.8. The second-order valence-corrected chi connectivity index (χ2v) is 10.5. The first-order valence-electron chi connectivity index (χ1n) is 9.71. The van der Waals surface area contributed by atoms with Crippen molar-refractivity contribution in [3.8, 4) is 10.7 Å². The first-order chi connectivity index (χ1) is 14.5. The normalized spacial score (nSPS) is 16.1. The van der Waals surface area contributed by atoms with E-state index in [1.165, 1.54) is 28.6 Å². The predicted octanol–water partition coefficient (Wildman–Crippen LogP) is 4.08. The van der Waals surface area contributed by atoms with Crippen LogP contribution >= 0.6 is 34.4 Å². The van der Waals surface area contributed by atoms with Crippen LogP contribution in [0.1, 0.15) is 29.6 Å². The molecular formula is C20H20N6OS3. The lowest BCUT2D eigenvalue weighted by Gasteiger charge is -2.18. The summed E-state index contributed by atoms with van der Waals surface area (Å²) in [4.78, 5) is 24.6. The van der Waals surface area contributed by atoms with Crippen LogP contribution in [0.25, 0.3) is 20.9 Å². The molecule has 0 aliphatic heterocycles. The van der Waals surface area contributed by atoms with Crippen molar-refractivity contribution >= 4 is 50.6 Å². The fourth-order valence-electron chi connectivity index (χ4n) is 3.82. The molecule has 0 radical (unpaired) electrons. The predicted molar refractivity (Wildman–Crippen MR) is 120 cm³/mol. The Labute approximate surface area is 185 Å². The Morgan fingerprint density at radius 2 is 2.23 bits per heavy atom. The van der Waals surface area contributed by atoms with Crippen LogP contribution in [-0.2, 0) is 24.2 Å². The molecule has 154 valence electrons. The van der Waals surface area contributed by atoms with Crippen LogP contribution in [0.15, 0.2) is 27.7 Å². The molecule has 4 aromatic rings. The number of fused-ring (bicyclic) bond motifs is 3. The van der Waals surface area contributed by atoms with E-state index in [1.807, 2.05) is 24.4 Å². The highest BCUT2D eigenvalue weighted by molar-refractivity contribution is 7.99. The maximum Gasteiger partial charge on any atom is 0.237 e. The van der Waals surface area contributed by atoms with Gasteiger partial charge in [-0.2, -0.15) is 0 Å². The molecule has 1 aliphatic rings. The lowest BCUT2D eigenvalue weighted by atomic mass is 9.89. The number of carbonyl (C=O) groups excluding carboxylic acids is 1. The largest absolute Gasteiger partial charge is 0.368 e. The summed E-state index contributed by atoms with van der Waals surface area (Å²) in [6, 6.07) is 3.91. The molecule has 5 rings (SSSR count). The van der Waals surface area contributed by atoms with Gasteiger partial charge in [0.25, 0.3) is 0 Å². The molecule has 2 N–H and O–H groups in total. The third kappa shape index (κ3) is 3.52. The highest BCUT2D eigenvalue weighted by Gasteiger charge is 2.25. The van der Waals surface area contributed by atoms with Gasteiger partial charge in [0.2, 0.25) is 5.91 Å². The summed E-state index contributed by atoms with van der Waals surface area (Å²) in [6.07, 6.45) is 3.32. The van der Waals surface area contributed by atoms with Gasteiger partial charge in [-0.15, -0.1) is 32.9 Å². The molecule has 1 amide bonds. The van der Waals surface area contributed by atoms with Gasteiger partial charge in [0.05, 0.1) is 4.88 Å². The van der Waals surface area contributed by atoms with Gasteiger partial charge in [-0.3, -0.25) is 9.36 Å². The summed E-state index contributed by atoms with van der Waals surface area (Å²) >= 11 is 4.77. The van der Waals surface area contributed by atoms with Crippen LogP contribution in [-0.4, -0.2) is 30.6 Å². The molecule has 0 saturated heterocycles. The van der Waals surface area contributed by atoms with Crippen LogP contribution in [0, 0.1) is 12.8 Å². The Morgan fingerprint density at radius 3 is 3.00 bits per heavy atom. The van der Waals surface area contributed by atoms with E-state index in [0.717, 1.165) is 38.8 Å². The average molecular weight is 457 g/mol. The summed E-state index contributed by atoms with van der Waals surface area (Å²) in [5.41, 5.74) is 6.90. The van der Waals surface area contributed by atoms with Crippen LogP contribution in [0.3, 0.4) is 0 Å². The first kappa shape index (κ1) is 19.7. The number of aromatic nitrogens is 5. The zero-order valence-electron chi connectivity index (χ0n) is 16.6. The molecule has 10 heteroatoms. The molecule has 0 saturated carbocycles. The Hall–Kier alpha value is -2.30. The van der Waals surface area contributed by atoms with Gasteiger partial charge < -0.3 is 5.73 Å². The second kappa shape index (κ2) is 7.75. The highest BCUT2D eigenvalue weighted by atomic mass is 32.2. The van der Waals surface area contributed by atoms with E-state index >= 15 is 0 Å². The average Bonchev–Trinajstić information content (AvgIpc) is 3.40. The van der Waals surface area contributed by atoms with Crippen molar-refractivity contribution in [3.05, 3.63) is 33.8 Å². The summed E-state index contributed by atoms with van der Waals surface area (Å²) in [6.45, 7) is 4.24. The Balaban J connectivity index is 1.62. The quantitative estimate of drug-likeness (QED) is 0.454. The molecule has 1 atom stereocenters. The van der Waals surface area contributed by atoms with Crippen LogP contribution in [0.4, 0.5) is 0 Å². The van der Waals surface area contributed by atoms with E-state index in [4.69, 9.17) is 15.7 Å². The number of thiophene rings is 2. The number of carbonyl (C=O) groups is 1. The summed E-state index contributed by atoms with van der Waals surface area (Å²) in [7, 11) is 0. The van der Waals surface area contributed by atoms with Crippen molar-refractivity contribution in [2.75, 3.05) is 0 Å². The second-order valence-electron chi connectivity index (χ2n) is 7.55. The third-order valence-electron chi connectivity index (χ3n) is 5.19. The lowest BCUT2D eigenvalue weighted by Crippen LogP contribution is -2.19. The van der Waals surface area contributed by atoms with E-state index in [9.17, 15) is 4.79 Å². The fraction of sp³-hybridized carbons (Fsp3) is 0.350. The fourth-order valence-corrected chi connectivity index (χ4v) is 7.05. The van der Waals surface area contributed by atoms with Gasteiger partial charge in [0.15, 0.2) is 11.0 Å². The van der Waals surface area contributed by atoms with Gasteiger partial charge in [0, 0.05) is 10.3 Å². The molecule has 0 bridgehead atoms. The van der Waals surface area contributed by atoms with Gasteiger partial charge in [-0.25, -0.2) is 9.97 Å². The number of aryl methyl sites for hydroxylation is 2.